The molecule has 2 N–H and O–H groups in total. The van der Waals surface area contributed by atoms with Crippen molar-refractivity contribution >= 4 is 35.0 Å². The Morgan fingerprint density at radius 1 is 0.974 bits per heavy atom. The van der Waals surface area contributed by atoms with E-state index in [0.717, 1.165) is 18.4 Å². The summed E-state index contributed by atoms with van der Waals surface area (Å²) in [5.41, 5.74) is 2.63. The van der Waals surface area contributed by atoms with Crippen LogP contribution in [0.15, 0.2) is 66.7 Å². The highest BCUT2D eigenvalue weighted by Gasteiger charge is 2.38. The van der Waals surface area contributed by atoms with Gasteiger partial charge in [-0.25, -0.2) is 0 Å². The van der Waals surface area contributed by atoms with Crippen LogP contribution in [0.4, 0.5) is 11.4 Å². The highest BCUT2D eigenvalue weighted by atomic mass is 16.5. The molecule has 9 nitrogen and oxygen atoms in total. The van der Waals surface area contributed by atoms with E-state index in [0.29, 0.717) is 23.7 Å². The Balaban J connectivity index is 1.20. The average Bonchev–Trinajstić information content (AvgIpc) is 3.52. The van der Waals surface area contributed by atoms with Gasteiger partial charge in [-0.2, -0.15) is 0 Å². The zero-order chi connectivity index (χ0) is 26.6. The molecule has 38 heavy (non-hydrogen) atoms. The van der Waals surface area contributed by atoms with Crippen molar-refractivity contribution in [1.29, 1.82) is 0 Å². The topological polar surface area (TPSA) is 114 Å². The van der Waals surface area contributed by atoms with Crippen molar-refractivity contribution in [2.45, 2.75) is 25.9 Å². The van der Waals surface area contributed by atoms with Crippen LogP contribution in [-0.4, -0.2) is 54.4 Å². The van der Waals surface area contributed by atoms with Crippen molar-refractivity contribution in [1.82, 2.24) is 4.90 Å². The normalized spacial score (nSPS) is 16.3. The summed E-state index contributed by atoms with van der Waals surface area (Å²) in [5, 5.41) is 5.61. The Bertz CT molecular complexity index is 1400. The number of fused-ring (bicyclic) bond motifs is 1. The molecule has 4 amide bonds. The number of nitrogens with zero attached hydrogens (tertiary/aromatic N) is 1. The van der Waals surface area contributed by atoms with Crippen molar-refractivity contribution in [3.63, 3.8) is 0 Å². The molecular weight excluding hydrogens is 486 g/mol. The first-order valence-corrected chi connectivity index (χ1v) is 12.4. The molecule has 1 fully saturated rings. The summed E-state index contributed by atoms with van der Waals surface area (Å²) in [5.74, 6) is -0.902. The monoisotopic (exact) mass is 513 g/mol. The van der Waals surface area contributed by atoms with Crippen molar-refractivity contribution in [3.8, 4) is 5.75 Å². The predicted octanol–water partition coefficient (Wildman–Crippen LogP) is 4.04. The van der Waals surface area contributed by atoms with Gasteiger partial charge in [0.05, 0.1) is 23.8 Å². The van der Waals surface area contributed by atoms with Crippen molar-refractivity contribution in [3.05, 3.63) is 89.0 Å². The number of ether oxygens (including phenoxy) is 2. The zero-order valence-electron chi connectivity index (χ0n) is 20.9. The van der Waals surface area contributed by atoms with E-state index in [9.17, 15) is 19.2 Å². The molecule has 0 bridgehead atoms. The molecule has 3 aromatic rings. The maximum Gasteiger partial charge on any atom is 0.262 e. The molecule has 9 heteroatoms. The SMILES string of the molecule is Cc1cc(NC(=O)c2ccc3c(c2)C(=O)N(CC2CCCO2)C3=O)ccc1NC(=O)COc1ccccc1. The first-order chi connectivity index (χ1) is 18.4. The molecule has 0 radical (unpaired) electrons. The minimum Gasteiger partial charge on any atom is -0.484 e. The van der Waals surface area contributed by atoms with Crippen LogP contribution in [0, 0.1) is 6.92 Å². The summed E-state index contributed by atoms with van der Waals surface area (Å²) in [4.78, 5) is 52.0. The van der Waals surface area contributed by atoms with Crippen molar-refractivity contribution in [2.75, 3.05) is 30.4 Å². The second kappa shape index (κ2) is 10.9. The van der Waals surface area contributed by atoms with E-state index in [1.165, 1.54) is 23.1 Å². The van der Waals surface area contributed by atoms with Crippen LogP contribution in [-0.2, 0) is 9.53 Å². The van der Waals surface area contributed by atoms with Crippen LogP contribution >= 0.6 is 0 Å². The van der Waals surface area contributed by atoms with Gasteiger partial charge in [0, 0.05) is 23.5 Å². The van der Waals surface area contributed by atoms with Gasteiger partial charge in [0.2, 0.25) is 0 Å². The lowest BCUT2D eigenvalue weighted by molar-refractivity contribution is -0.118. The molecule has 1 saturated heterocycles. The number of amides is 4. The minimum absolute atomic E-state index is 0.132. The van der Waals surface area contributed by atoms with Gasteiger partial charge in [-0.3, -0.25) is 24.1 Å². The van der Waals surface area contributed by atoms with Gasteiger partial charge in [0.1, 0.15) is 5.75 Å². The van der Waals surface area contributed by atoms with Gasteiger partial charge in [0.25, 0.3) is 23.6 Å². The molecule has 0 aromatic heterocycles. The number of benzene rings is 3. The number of aryl methyl sites for hydroxylation is 1. The first-order valence-electron chi connectivity index (χ1n) is 12.4. The van der Waals surface area contributed by atoms with E-state index >= 15 is 0 Å². The van der Waals surface area contributed by atoms with Crippen molar-refractivity contribution in [2.24, 2.45) is 0 Å². The fraction of sp³-hybridized carbons (Fsp3) is 0.241. The van der Waals surface area contributed by atoms with Crippen LogP contribution in [0.25, 0.3) is 0 Å². The molecule has 2 aliphatic heterocycles. The van der Waals surface area contributed by atoms with E-state index in [2.05, 4.69) is 10.6 Å². The molecule has 0 spiro atoms. The zero-order valence-corrected chi connectivity index (χ0v) is 20.9. The highest BCUT2D eigenvalue weighted by molar-refractivity contribution is 6.22. The van der Waals surface area contributed by atoms with E-state index in [1.807, 2.05) is 25.1 Å². The Morgan fingerprint density at radius 2 is 1.76 bits per heavy atom. The number of hydrogen-bond acceptors (Lipinski definition) is 6. The van der Waals surface area contributed by atoms with Gasteiger partial charge < -0.3 is 20.1 Å². The fourth-order valence-electron chi connectivity index (χ4n) is 4.53. The van der Waals surface area contributed by atoms with E-state index < -0.39 is 11.8 Å². The Labute approximate surface area is 219 Å². The summed E-state index contributed by atoms with van der Waals surface area (Å²) in [6, 6.07) is 18.7. The molecular formula is C29H27N3O6. The summed E-state index contributed by atoms with van der Waals surface area (Å²) in [7, 11) is 0. The van der Waals surface area contributed by atoms with Gasteiger partial charge in [-0.1, -0.05) is 18.2 Å². The number of imide groups is 1. The molecule has 0 aliphatic carbocycles. The molecule has 3 aromatic carbocycles. The summed E-state index contributed by atoms with van der Waals surface area (Å²) in [6.45, 7) is 2.53. The smallest absolute Gasteiger partial charge is 0.262 e. The van der Waals surface area contributed by atoms with Crippen LogP contribution in [0.5, 0.6) is 5.75 Å². The summed E-state index contributed by atoms with van der Waals surface area (Å²) >= 11 is 0. The number of para-hydroxylation sites is 1. The molecule has 0 saturated carbocycles. The number of hydrogen-bond donors (Lipinski definition) is 2. The van der Waals surface area contributed by atoms with E-state index in [1.54, 1.807) is 30.3 Å². The molecule has 1 unspecified atom stereocenters. The lowest BCUT2D eigenvalue weighted by Gasteiger charge is -2.17. The number of rotatable bonds is 8. The Hall–Kier alpha value is -4.50. The number of carbonyl (C=O) groups excluding carboxylic acids is 4. The maximum atomic E-state index is 12.9. The third-order valence-corrected chi connectivity index (χ3v) is 6.51. The van der Waals surface area contributed by atoms with Gasteiger partial charge in [0.15, 0.2) is 6.61 Å². The van der Waals surface area contributed by atoms with Crippen LogP contribution in [0.1, 0.15) is 49.5 Å². The van der Waals surface area contributed by atoms with Crippen molar-refractivity contribution < 1.29 is 28.7 Å². The lowest BCUT2D eigenvalue weighted by Crippen LogP contribution is -2.36. The standard InChI is InChI=1S/C29H27N3O6/c1-18-14-20(10-12-25(18)31-26(33)17-38-21-6-3-2-4-7-21)30-27(34)19-9-11-23-24(15-19)29(36)32(28(23)35)16-22-8-5-13-37-22/h2-4,6-7,9-12,14-15,22H,5,8,13,16-17H2,1H3,(H,30,34)(H,31,33). The molecule has 1 atom stereocenters. The maximum absolute atomic E-state index is 12.9. The average molecular weight is 514 g/mol. The molecule has 2 aliphatic rings. The first kappa shape index (κ1) is 25.2. The van der Waals surface area contributed by atoms with E-state index in [-0.39, 0.29) is 47.8 Å². The molecule has 2 heterocycles. The molecule has 194 valence electrons. The van der Waals surface area contributed by atoms with Crippen LogP contribution in [0.3, 0.4) is 0 Å². The molecule has 5 rings (SSSR count). The van der Waals surface area contributed by atoms with Gasteiger partial charge in [-0.05, 0) is 73.9 Å². The number of carbonyl (C=O) groups is 4. The third-order valence-electron chi connectivity index (χ3n) is 6.51. The van der Waals surface area contributed by atoms with Gasteiger partial charge >= 0.3 is 0 Å². The fourth-order valence-corrected chi connectivity index (χ4v) is 4.53. The summed E-state index contributed by atoms with van der Waals surface area (Å²) < 4.78 is 11.0. The van der Waals surface area contributed by atoms with Crippen LogP contribution in [0.2, 0.25) is 0 Å². The Kier molecular flexibility index (Phi) is 7.19. The van der Waals surface area contributed by atoms with Crippen LogP contribution < -0.4 is 15.4 Å². The minimum atomic E-state index is -0.418. The predicted molar refractivity (Wildman–Crippen MR) is 140 cm³/mol. The number of nitrogens with one attached hydrogen (secondary N) is 2. The largest absolute Gasteiger partial charge is 0.484 e. The second-order valence-corrected chi connectivity index (χ2v) is 9.25. The summed E-state index contributed by atoms with van der Waals surface area (Å²) in [6.07, 6.45) is 1.57. The lowest BCUT2D eigenvalue weighted by atomic mass is 10.1. The number of anilines is 2. The third kappa shape index (κ3) is 5.42. The second-order valence-electron chi connectivity index (χ2n) is 9.25. The Morgan fingerprint density at radius 3 is 2.50 bits per heavy atom. The van der Waals surface area contributed by atoms with E-state index in [4.69, 9.17) is 9.47 Å². The van der Waals surface area contributed by atoms with Gasteiger partial charge in [-0.15, -0.1) is 0 Å². The highest BCUT2D eigenvalue weighted by Crippen LogP contribution is 2.27. The quantitative estimate of drug-likeness (QED) is 0.440.